The van der Waals surface area contributed by atoms with E-state index in [0.717, 1.165) is 0 Å². The van der Waals surface area contributed by atoms with E-state index in [2.05, 4.69) is 0 Å². The van der Waals surface area contributed by atoms with Gasteiger partial charge in [0.1, 0.15) is 0 Å². The van der Waals surface area contributed by atoms with Crippen LogP contribution in [-0.2, 0) is 9.59 Å². The lowest BCUT2D eigenvalue weighted by Crippen LogP contribution is -2.03. The maximum atomic E-state index is 8.24. The zero-order chi connectivity index (χ0) is 9.70. The molecule has 0 fully saturated rings. The molecule has 0 aliphatic carbocycles. The van der Waals surface area contributed by atoms with Gasteiger partial charge in [-0.1, -0.05) is 0 Å². The largest absolute Gasteiger partial charge is 0.724 e. The summed E-state index contributed by atoms with van der Waals surface area (Å²) in [4.78, 5) is 16.5. The molecule has 0 rings (SSSR count). The fourth-order valence-electron chi connectivity index (χ4n) is 0. The highest BCUT2D eigenvalue weighted by molar-refractivity contribution is 5.37. The fourth-order valence-corrected chi connectivity index (χ4v) is 0. The Morgan fingerprint density at radius 3 is 1.45 bits per heavy atom. The predicted molar refractivity (Wildman–Crippen MR) is 36.9 cm³/mol. The number of nitrogens with zero attached hydrogens (tertiary/aromatic N) is 2. The van der Waals surface area contributed by atoms with Gasteiger partial charge in [-0.2, -0.15) is 0 Å². The van der Waals surface area contributed by atoms with Crippen molar-refractivity contribution in [2.45, 2.75) is 13.0 Å². The van der Waals surface area contributed by atoms with E-state index in [9.17, 15) is 0 Å². The van der Waals surface area contributed by atoms with Gasteiger partial charge in [-0.15, -0.1) is 0 Å². The Kier molecular flexibility index (Phi) is 34.7. The number of hydrogen-bond acceptors (Lipinski definition) is 4. The van der Waals surface area contributed by atoms with Gasteiger partial charge >= 0.3 is 0 Å². The first kappa shape index (κ1) is 16.3. The second kappa shape index (κ2) is 23.4. The van der Waals surface area contributed by atoms with E-state index >= 15 is 0 Å². The van der Waals surface area contributed by atoms with Crippen LogP contribution in [0.5, 0.6) is 0 Å². The van der Waals surface area contributed by atoms with Gasteiger partial charge in [-0.05, 0) is 19.1 Å². The number of aliphatic hydroxyl groups is 2. The molecule has 0 aliphatic heterocycles. The van der Waals surface area contributed by atoms with E-state index in [-0.39, 0.29) is 6.61 Å². The molecule has 0 spiro atoms. The van der Waals surface area contributed by atoms with Gasteiger partial charge in [0.25, 0.3) is 0 Å². The summed E-state index contributed by atoms with van der Waals surface area (Å²) in [5, 5.41) is 29.5. The molecule has 0 saturated heterocycles. The van der Waals surface area contributed by atoms with Crippen LogP contribution in [0.1, 0.15) is 6.92 Å². The van der Waals surface area contributed by atoms with Crippen molar-refractivity contribution in [2.75, 3.05) is 6.61 Å². The highest BCUT2D eigenvalue weighted by Crippen LogP contribution is 1.68. The standard InChI is InChI=1S/C3H8O2.2CNO/c1-3(5)2-4;2*2-1-3/h3-5H,2H2,1H3;;/q;2*-1. The molecule has 1 unspecified atom stereocenters. The summed E-state index contributed by atoms with van der Waals surface area (Å²) in [7, 11) is 0. The number of rotatable bonds is 1. The molecule has 11 heavy (non-hydrogen) atoms. The van der Waals surface area contributed by atoms with Gasteiger partial charge in [0.15, 0.2) is 0 Å². The Labute approximate surface area is 63.5 Å². The minimum Gasteiger partial charge on any atom is -0.724 e. The molecule has 0 radical (unpaired) electrons. The van der Waals surface area contributed by atoms with Gasteiger partial charge in [0.05, 0.1) is 12.7 Å². The molecular formula is C5H8N2O4-2. The summed E-state index contributed by atoms with van der Waals surface area (Å²) in [5.74, 6) is 0. The first-order chi connectivity index (χ1) is 5.10. The van der Waals surface area contributed by atoms with Gasteiger partial charge in [0, 0.05) is 0 Å². The van der Waals surface area contributed by atoms with Gasteiger partial charge in [-0.3, -0.25) is 9.59 Å². The molecule has 1 atom stereocenters. The molecule has 0 amide bonds. The zero-order valence-corrected chi connectivity index (χ0v) is 5.89. The summed E-state index contributed by atoms with van der Waals surface area (Å²) in [6.07, 6.45) is 0.440. The lowest BCUT2D eigenvalue weighted by molar-refractivity contribution is 0.110. The van der Waals surface area contributed by atoms with Crippen molar-refractivity contribution in [1.82, 2.24) is 0 Å². The normalized spacial score (nSPS) is 8.27. The summed E-state index contributed by atoms with van der Waals surface area (Å²) in [5.41, 5.74) is 0. The Morgan fingerprint density at radius 1 is 1.36 bits per heavy atom. The highest BCUT2D eigenvalue weighted by atomic mass is 16.3. The van der Waals surface area contributed by atoms with Crippen LogP contribution >= 0.6 is 0 Å². The van der Waals surface area contributed by atoms with Gasteiger partial charge in [0.2, 0.25) is 0 Å². The average molecular weight is 160 g/mol. The van der Waals surface area contributed by atoms with Crippen molar-refractivity contribution < 1.29 is 19.8 Å². The second-order valence-corrected chi connectivity index (χ2v) is 1.21. The molecule has 0 aromatic rings. The number of isocyanates is 2. The molecule has 6 heteroatoms. The van der Waals surface area contributed by atoms with Crippen LogP contribution in [0.4, 0.5) is 0 Å². The van der Waals surface area contributed by atoms with Crippen molar-refractivity contribution in [3.05, 3.63) is 10.8 Å². The van der Waals surface area contributed by atoms with Crippen LogP contribution in [0.15, 0.2) is 0 Å². The van der Waals surface area contributed by atoms with E-state index in [1.807, 2.05) is 0 Å². The lowest BCUT2D eigenvalue weighted by Gasteiger charge is -1.90. The summed E-state index contributed by atoms with van der Waals surface area (Å²) < 4.78 is 0. The number of aliphatic hydroxyl groups excluding tert-OH is 2. The number of carbonyl (C=O) groups excluding carboxylic acids is 2. The van der Waals surface area contributed by atoms with Crippen molar-refractivity contribution in [3.63, 3.8) is 0 Å². The van der Waals surface area contributed by atoms with Crippen molar-refractivity contribution in [1.29, 1.82) is 0 Å². The Hall–Kier alpha value is -1.32. The molecular weight excluding hydrogens is 152 g/mol. The maximum absolute atomic E-state index is 8.24. The molecule has 0 aromatic carbocycles. The van der Waals surface area contributed by atoms with E-state index < -0.39 is 6.10 Å². The third kappa shape index (κ3) is 838. The Balaban J connectivity index is -0.0000000933. The SMILES string of the molecule is CC(O)CO.[N-]=C=O.[N-]=C=O. The third-order valence-electron chi connectivity index (χ3n) is 0.264. The minimum atomic E-state index is -0.560. The average Bonchev–Trinajstić information content (AvgIpc) is 1.91. The Bertz CT molecular complexity index is 110. The molecule has 0 heterocycles. The van der Waals surface area contributed by atoms with Crippen LogP contribution in [0.2, 0.25) is 0 Å². The predicted octanol–water partition coefficient (Wildman–Crippen LogP) is -0.857. The molecule has 0 bridgehead atoms. The molecule has 0 saturated carbocycles. The van der Waals surface area contributed by atoms with Gasteiger partial charge in [-0.25, -0.2) is 0 Å². The topological polar surface area (TPSA) is 119 Å². The monoisotopic (exact) mass is 160 g/mol. The minimum absolute atomic E-state index is 0.139. The van der Waals surface area contributed by atoms with Crippen molar-refractivity contribution in [3.8, 4) is 0 Å². The quantitative estimate of drug-likeness (QED) is 0.383. The molecule has 64 valence electrons. The fraction of sp³-hybridized carbons (Fsp3) is 0.600. The molecule has 0 aromatic heterocycles. The molecule has 0 aliphatic rings. The maximum Gasteiger partial charge on any atom is 0.0742 e. The van der Waals surface area contributed by atoms with E-state index in [1.54, 1.807) is 0 Å². The summed E-state index contributed by atoms with van der Waals surface area (Å²) in [6.45, 7) is 1.39. The van der Waals surface area contributed by atoms with Gasteiger partial charge < -0.3 is 21.0 Å². The third-order valence-corrected chi connectivity index (χ3v) is 0.264. The van der Waals surface area contributed by atoms with E-state index in [0.29, 0.717) is 12.2 Å². The number of hydrogen-bond donors (Lipinski definition) is 2. The highest BCUT2D eigenvalue weighted by Gasteiger charge is 1.83. The zero-order valence-electron chi connectivity index (χ0n) is 5.89. The summed E-state index contributed by atoms with van der Waals surface area (Å²) >= 11 is 0. The van der Waals surface area contributed by atoms with Crippen LogP contribution in [0, 0.1) is 0 Å². The molecule has 2 N–H and O–H groups in total. The van der Waals surface area contributed by atoms with Crippen LogP contribution in [0.25, 0.3) is 10.8 Å². The lowest BCUT2D eigenvalue weighted by atomic mass is 10.5. The van der Waals surface area contributed by atoms with E-state index in [1.165, 1.54) is 6.92 Å². The smallest absolute Gasteiger partial charge is 0.0742 e. The van der Waals surface area contributed by atoms with Crippen LogP contribution in [-0.4, -0.2) is 35.1 Å². The van der Waals surface area contributed by atoms with E-state index in [4.69, 9.17) is 30.6 Å². The first-order valence-corrected chi connectivity index (χ1v) is 2.42. The summed E-state index contributed by atoms with van der Waals surface area (Å²) in [6, 6.07) is 0. The second-order valence-electron chi connectivity index (χ2n) is 1.21. The van der Waals surface area contributed by atoms with Crippen LogP contribution < -0.4 is 0 Å². The van der Waals surface area contributed by atoms with Crippen molar-refractivity contribution >= 4 is 12.2 Å². The molecule has 6 nitrogen and oxygen atoms in total. The van der Waals surface area contributed by atoms with Crippen LogP contribution in [0.3, 0.4) is 0 Å². The van der Waals surface area contributed by atoms with Crippen molar-refractivity contribution in [2.24, 2.45) is 0 Å². The Morgan fingerprint density at radius 2 is 1.45 bits per heavy atom. The first-order valence-electron chi connectivity index (χ1n) is 2.42.